The minimum absolute atomic E-state index is 0.115. The van der Waals surface area contributed by atoms with Crippen LogP contribution in [-0.2, 0) is 41.8 Å². The first-order valence-electron chi connectivity index (χ1n) is 11.5. The van der Waals surface area contributed by atoms with Gasteiger partial charge in [0.15, 0.2) is 0 Å². The standard InChI is InChI=1S/C18H18O4.C11H11BrO4/c1-12-6-4-5-7-16(12)17-9-8-14(18(20)21-3)10-15(17)11-22-13(2)19;1-7(13)16-6-9-5-8(11(14)15-2)3-4-10(9)12/h4-10H,11H2,1-3H3;3-5H,6H2,1-2H3. The quantitative estimate of drug-likeness (QED) is 0.253. The van der Waals surface area contributed by atoms with Crippen molar-refractivity contribution in [1.29, 1.82) is 0 Å². The Bertz CT molecular complexity index is 1320. The number of aryl methyl sites for hydroxylation is 1. The topological polar surface area (TPSA) is 105 Å². The van der Waals surface area contributed by atoms with Crippen LogP contribution >= 0.6 is 15.9 Å². The fourth-order valence-corrected chi connectivity index (χ4v) is 3.75. The Morgan fingerprint density at radius 1 is 0.684 bits per heavy atom. The lowest BCUT2D eigenvalue weighted by Gasteiger charge is -2.13. The maximum absolute atomic E-state index is 11.7. The molecule has 0 fully saturated rings. The van der Waals surface area contributed by atoms with Crippen molar-refractivity contribution in [3.8, 4) is 11.1 Å². The molecule has 8 nitrogen and oxygen atoms in total. The molecule has 200 valence electrons. The van der Waals surface area contributed by atoms with Gasteiger partial charge in [-0.2, -0.15) is 0 Å². The molecule has 9 heteroatoms. The molecule has 0 bridgehead atoms. The van der Waals surface area contributed by atoms with Crippen molar-refractivity contribution in [2.45, 2.75) is 34.0 Å². The average Bonchev–Trinajstić information content (AvgIpc) is 2.91. The van der Waals surface area contributed by atoms with Crippen LogP contribution in [-0.4, -0.2) is 38.1 Å². The first-order chi connectivity index (χ1) is 18.1. The van der Waals surface area contributed by atoms with Crippen LogP contribution in [0.15, 0.2) is 65.1 Å². The van der Waals surface area contributed by atoms with E-state index in [1.807, 2.05) is 37.3 Å². The van der Waals surface area contributed by atoms with Crippen LogP contribution in [0.2, 0.25) is 0 Å². The summed E-state index contributed by atoms with van der Waals surface area (Å²) in [5.74, 6) is -1.56. The zero-order valence-electron chi connectivity index (χ0n) is 21.8. The molecule has 3 aromatic carbocycles. The van der Waals surface area contributed by atoms with Gasteiger partial charge in [-0.05, 0) is 59.5 Å². The van der Waals surface area contributed by atoms with Crippen LogP contribution in [0.25, 0.3) is 11.1 Å². The SMILES string of the molecule is COC(=O)c1ccc(-c2ccccc2C)c(COC(C)=O)c1.COC(=O)c1ccc(Br)c(COC(C)=O)c1. The molecular formula is C29H29BrO8. The molecule has 0 aromatic heterocycles. The van der Waals surface area contributed by atoms with E-state index in [1.54, 1.807) is 30.3 Å². The summed E-state index contributed by atoms with van der Waals surface area (Å²) in [5.41, 5.74) is 5.44. The molecule has 3 rings (SSSR count). The summed E-state index contributed by atoms with van der Waals surface area (Å²) in [5, 5.41) is 0. The van der Waals surface area contributed by atoms with Crippen molar-refractivity contribution >= 4 is 39.8 Å². The Balaban J connectivity index is 0.000000281. The van der Waals surface area contributed by atoms with Gasteiger partial charge in [-0.15, -0.1) is 0 Å². The summed E-state index contributed by atoms with van der Waals surface area (Å²) in [4.78, 5) is 44.7. The van der Waals surface area contributed by atoms with E-state index >= 15 is 0 Å². The van der Waals surface area contributed by atoms with Gasteiger partial charge in [0.2, 0.25) is 0 Å². The molecule has 0 radical (unpaired) electrons. The molecule has 0 aliphatic heterocycles. The Hall–Kier alpha value is -3.98. The Morgan fingerprint density at radius 2 is 1.18 bits per heavy atom. The minimum atomic E-state index is -0.420. The van der Waals surface area contributed by atoms with Crippen molar-refractivity contribution in [3.05, 3.63) is 93.0 Å². The third-order valence-electron chi connectivity index (χ3n) is 5.29. The van der Waals surface area contributed by atoms with Crippen LogP contribution in [0.5, 0.6) is 0 Å². The second kappa shape index (κ2) is 14.7. The van der Waals surface area contributed by atoms with E-state index in [4.69, 9.17) is 14.2 Å². The minimum Gasteiger partial charge on any atom is -0.465 e. The fraction of sp³-hybridized carbons (Fsp3) is 0.241. The number of methoxy groups -OCH3 is 2. The van der Waals surface area contributed by atoms with Crippen molar-refractivity contribution in [1.82, 2.24) is 0 Å². The molecule has 0 aliphatic carbocycles. The predicted molar refractivity (Wildman–Crippen MR) is 144 cm³/mol. The molecule has 0 heterocycles. The highest BCUT2D eigenvalue weighted by Crippen LogP contribution is 2.28. The van der Waals surface area contributed by atoms with Gasteiger partial charge in [0.05, 0.1) is 25.3 Å². The number of hydrogen-bond acceptors (Lipinski definition) is 8. The van der Waals surface area contributed by atoms with E-state index in [-0.39, 0.29) is 25.2 Å². The average molecular weight is 585 g/mol. The second-order valence-corrected chi connectivity index (χ2v) is 8.89. The Kier molecular flexibility index (Phi) is 11.7. The number of rotatable bonds is 7. The van der Waals surface area contributed by atoms with Crippen molar-refractivity contribution < 1.29 is 38.1 Å². The normalized spacial score (nSPS) is 9.95. The highest BCUT2D eigenvalue weighted by molar-refractivity contribution is 9.10. The zero-order valence-corrected chi connectivity index (χ0v) is 23.4. The predicted octanol–water partition coefficient (Wildman–Crippen LogP) is 5.81. The molecule has 38 heavy (non-hydrogen) atoms. The lowest BCUT2D eigenvalue weighted by atomic mass is 9.95. The van der Waals surface area contributed by atoms with Gasteiger partial charge in [0, 0.05) is 23.9 Å². The van der Waals surface area contributed by atoms with Gasteiger partial charge in [0.1, 0.15) is 13.2 Å². The van der Waals surface area contributed by atoms with Gasteiger partial charge in [-0.25, -0.2) is 9.59 Å². The van der Waals surface area contributed by atoms with Gasteiger partial charge in [-0.1, -0.05) is 46.3 Å². The van der Waals surface area contributed by atoms with E-state index in [1.165, 1.54) is 28.1 Å². The Labute approximate surface area is 230 Å². The molecule has 0 atom stereocenters. The van der Waals surface area contributed by atoms with Crippen molar-refractivity contribution in [2.75, 3.05) is 14.2 Å². The first kappa shape index (κ1) is 30.2. The molecular weight excluding hydrogens is 556 g/mol. The lowest BCUT2D eigenvalue weighted by Crippen LogP contribution is -2.05. The summed E-state index contributed by atoms with van der Waals surface area (Å²) >= 11 is 3.31. The summed E-state index contributed by atoms with van der Waals surface area (Å²) in [6.07, 6.45) is 0. The van der Waals surface area contributed by atoms with E-state index in [9.17, 15) is 19.2 Å². The molecule has 0 N–H and O–H groups in total. The molecule has 0 spiro atoms. The van der Waals surface area contributed by atoms with Crippen LogP contribution < -0.4 is 0 Å². The second-order valence-electron chi connectivity index (χ2n) is 8.04. The number of benzene rings is 3. The molecule has 0 saturated carbocycles. The van der Waals surface area contributed by atoms with Gasteiger partial charge in [-0.3, -0.25) is 9.59 Å². The molecule has 0 aliphatic rings. The smallest absolute Gasteiger partial charge is 0.337 e. The van der Waals surface area contributed by atoms with E-state index in [0.29, 0.717) is 11.1 Å². The van der Waals surface area contributed by atoms with Gasteiger partial charge < -0.3 is 18.9 Å². The van der Waals surface area contributed by atoms with E-state index < -0.39 is 11.9 Å². The number of carbonyl (C=O) groups is 4. The summed E-state index contributed by atoms with van der Waals surface area (Å²) in [6, 6.07) is 18.2. The largest absolute Gasteiger partial charge is 0.465 e. The van der Waals surface area contributed by atoms with E-state index in [2.05, 4.69) is 20.7 Å². The number of esters is 4. The molecule has 0 saturated heterocycles. The monoisotopic (exact) mass is 584 g/mol. The zero-order chi connectivity index (χ0) is 28.2. The lowest BCUT2D eigenvalue weighted by molar-refractivity contribution is -0.143. The van der Waals surface area contributed by atoms with Crippen LogP contribution in [0, 0.1) is 6.92 Å². The molecule has 3 aromatic rings. The van der Waals surface area contributed by atoms with Crippen LogP contribution in [0.1, 0.15) is 51.3 Å². The summed E-state index contributed by atoms with van der Waals surface area (Å²) in [7, 11) is 2.65. The summed E-state index contributed by atoms with van der Waals surface area (Å²) < 4.78 is 20.1. The first-order valence-corrected chi connectivity index (χ1v) is 12.3. The fourth-order valence-electron chi connectivity index (χ4n) is 3.38. The number of halogens is 1. The third kappa shape index (κ3) is 8.85. The summed E-state index contributed by atoms with van der Waals surface area (Å²) in [6.45, 7) is 4.94. The van der Waals surface area contributed by atoms with Crippen molar-refractivity contribution in [2.24, 2.45) is 0 Å². The van der Waals surface area contributed by atoms with Gasteiger partial charge in [0.25, 0.3) is 0 Å². The number of ether oxygens (including phenoxy) is 4. The molecule has 0 amide bonds. The number of carbonyl (C=O) groups excluding carboxylic acids is 4. The molecule has 0 unspecified atom stereocenters. The number of hydrogen-bond donors (Lipinski definition) is 0. The maximum Gasteiger partial charge on any atom is 0.337 e. The Morgan fingerprint density at radius 3 is 1.71 bits per heavy atom. The van der Waals surface area contributed by atoms with E-state index in [0.717, 1.165) is 32.3 Å². The van der Waals surface area contributed by atoms with Crippen LogP contribution in [0.3, 0.4) is 0 Å². The van der Waals surface area contributed by atoms with Gasteiger partial charge >= 0.3 is 23.9 Å². The highest BCUT2D eigenvalue weighted by Gasteiger charge is 2.13. The van der Waals surface area contributed by atoms with Crippen LogP contribution in [0.4, 0.5) is 0 Å². The third-order valence-corrected chi connectivity index (χ3v) is 6.06. The maximum atomic E-state index is 11.7. The highest BCUT2D eigenvalue weighted by atomic mass is 79.9. The van der Waals surface area contributed by atoms with Crippen molar-refractivity contribution in [3.63, 3.8) is 0 Å².